The number of likely N-dealkylation sites (tertiary alicyclic amines) is 2. The minimum absolute atomic E-state index is 0.106. The van der Waals surface area contributed by atoms with Gasteiger partial charge in [-0.15, -0.1) is 0 Å². The first-order valence-electron chi connectivity index (χ1n) is 9.55. The van der Waals surface area contributed by atoms with E-state index < -0.39 is 18.1 Å². The van der Waals surface area contributed by atoms with E-state index in [9.17, 15) is 14.4 Å². The molecule has 0 spiro atoms. The van der Waals surface area contributed by atoms with Gasteiger partial charge in [0.1, 0.15) is 12.6 Å². The molecule has 0 radical (unpaired) electrons. The van der Waals surface area contributed by atoms with Crippen molar-refractivity contribution in [1.82, 2.24) is 9.80 Å². The van der Waals surface area contributed by atoms with Crippen LogP contribution in [0.2, 0.25) is 0 Å². The summed E-state index contributed by atoms with van der Waals surface area (Å²) >= 11 is 0. The van der Waals surface area contributed by atoms with Crippen molar-refractivity contribution in [2.24, 2.45) is 5.16 Å². The van der Waals surface area contributed by atoms with Crippen LogP contribution in [0.15, 0.2) is 35.5 Å². The zero-order chi connectivity index (χ0) is 19.9. The molecule has 0 aromatic heterocycles. The Hall–Kier alpha value is -2.90. The topological polar surface area (TPSA) is 88.5 Å². The van der Waals surface area contributed by atoms with Crippen LogP contribution in [0.1, 0.15) is 38.2 Å². The summed E-state index contributed by atoms with van der Waals surface area (Å²) in [5.41, 5.74) is 0.902. The first-order chi connectivity index (χ1) is 13.6. The summed E-state index contributed by atoms with van der Waals surface area (Å²) in [4.78, 5) is 44.3. The predicted octanol–water partition coefficient (Wildman–Crippen LogP) is 2.33. The smallest absolute Gasteiger partial charge is 0.410 e. The molecule has 8 heteroatoms. The van der Waals surface area contributed by atoms with Gasteiger partial charge in [-0.3, -0.25) is 9.69 Å². The molecule has 2 heterocycles. The van der Waals surface area contributed by atoms with Crippen molar-refractivity contribution in [3.05, 3.63) is 35.9 Å². The van der Waals surface area contributed by atoms with E-state index in [1.165, 1.54) is 18.0 Å². The van der Waals surface area contributed by atoms with Crippen LogP contribution in [0.4, 0.5) is 4.79 Å². The summed E-state index contributed by atoms with van der Waals surface area (Å²) in [6, 6.07) is 8.69. The second-order valence-corrected chi connectivity index (χ2v) is 6.97. The van der Waals surface area contributed by atoms with E-state index in [0.29, 0.717) is 19.5 Å². The van der Waals surface area contributed by atoms with Crippen molar-refractivity contribution in [2.75, 3.05) is 13.1 Å². The van der Waals surface area contributed by atoms with Crippen LogP contribution >= 0.6 is 0 Å². The fraction of sp³-hybridized carbons (Fsp3) is 0.500. The molecule has 2 fully saturated rings. The van der Waals surface area contributed by atoms with Crippen molar-refractivity contribution in [3.63, 3.8) is 0 Å². The lowest BCUT2D eigenvalue weighted by molar-refractivity contribution is -0.140. The second-order valence-electron chi connectivity index (χ2n) is 6.97. The highest BCUT2D eigenvalue weighted by Crippen LogP contribution is 2.25. The Labute approximate surface area is 164 Å². The molecule has 28 heavy (non-hydrogen) atoms. The van der Waals surface area contributed by atoms with Gasteiger partial charge < -0.3 is 14.5 Å². The number of amides is 2. The summed E-state index contributed by atoms with van der Waals surface area (Å²) < 4.78 is 5.41. The molecule has 0 saturated carbocycles. The second kappa shape index (κ2) is 9.34. The average molecular weight is 387 g/mol. The number of carbonyl (C=O) groups excluding carboxylic acids is 3. The molecule has 150 valence electrons. The van der Waals surface area contributed by atoms with Crippen molar-refractivity contribution in [2.45, 2.75) is 51.3 Å². The molecule has 3 rings (SSSR count). The number of hydrogen-bond donors (Lipinski definition) is 0. The maximum atomic E-state index is 13.1. The van der Waals surface area contributed by atoms with Gasteiger partial charge in [0.25, 0.3) is 0 Å². The Morgan fingerprint density at radius 1 is 1.11 bits per heavy atom. The van der Waals surface area contributed by atoms with Crippen molar-refractivity contribution >= 4 is 24.2 Å². The number of carbonyl (C=O) groups is 3. The molecule has 0 N–H and O–H groups in total. The van der Waals surface area contributed by atoms with Gasteiger partial charge in [-0.05, 0) is 31.2 Å². The Balaban J connectivity index is 1.59. The number of ether oxygens (including phenoxy) is 1. The summed E-state index contributed by atoms with van der Waals surface area (Å²) in [6.07, 6.45) is 3.99. The van der Waals surface area contributed by atoms with E-state index in [2.05, 4.69) is 9.99 Å². The minimum atomic E-state index is -0.522. The summed E-state index contributed by atoms with van der Waals surface area (Å²) in [5, 5.41) is 3.66. The number of oxime groups is 1. The first-order valence-corrected chi connectivity index (χ1v) is 9.55. The average Bonchev–Trinajstić information content (AvgIpc) is 3.36. The molecular formula is C20H25N3O5. The Kier molecular flexibility index (Phi) is 6.62. The molecule has 2 aliphatic rings. The third kappa shape index (κ3) is 4.88. The van der Waals surface area contributed by atoms with Gasteiger partial charge in [-0.25, -0.2) is 9.59 Å². The van der Waals surface area contributed by atoms with E-state index in [4.69, 9.17) is 4.74 Å². The third-order valence-electron chi connectivity index (χ3n) is 4.97. The molecule has 1 aromatic rings. The highest BCUT2D eigenvalue weighted by molar-refractivity contribution is 5.89. The molecule has 0 bridgehead atoms. The van der Waals surface area contributed by atoms with E-state index in [0.717, 1.165) is 24.8 Å². The van der Waals surface area contributed by atoms with Crippen molar-refractivity contribution in [1.29, 1.82) is 0 Å². The molecule has 2 atom stereocenters. The standard InChI is InChI=1S/C20H25N3O5/c1-15(24)28-21-13-17-9-5-11-22(17)19(25)18-10-6-12-23(18)20(26)27-14-16-7-3-2-4-8-16/h2-4,7-8,13,17-18H,5-6,9-12,14H2,1H3/b21-13+/t17-,18-/m0/s1. The number of benzene rings is 1. The first kappa shape index (κ1) is 19.9. The maximum absolute atomic E-state index is 13.1. The van der Waals surface area contributed by atoms with Crippen LogP contribution in [0.3, 0.4) is 0 Å². The zero-order valence-electron chi connectivity index (χ0n) is 16.0. The van der Waals surface area contributed by atoms with E-state index in [1.54, 1.807) is 4.90 Å². The maximum Gasteiger partial charge on any atom is 0.410 e. The fourth-order valence-corrected chi connectivity index (χ4v) is 3.63. The van der Waals surface area contributed by atoms with Gasteiger partial charge in [0, 0.05) is 20.0 Å². The number of rotatable bonds is 5. The van der Waals surface area contributed by atoms with Gasteiger partial charge in [-0.1, -0.05) is 35.5 Å². The Morgan fingerprint density at radius 3 is 2.57 bits per heavy atom. The normalized spacial score (nSPS) is 21.9. The SMILES string of the molecule is CC(=O)O/N=C/[C@@H]1CCCN1C(=O)[C@@H]1CCCN1C(=O)OCc1ccccc1. The number of hydrogen-bond acceptors (Lipinski definition) is 6. The summed E-state index contributed by atoms with van der Waals surface area (Å²) in [7, 11) is 0. The minimum Gasteiger partial charge on any atom is -0.445 e. The predicted molar refractivity (Wildman–Crippen MR) is 101 cm³/mol. The molecular weight excluding hydrogens is 362 g/mol. The highest BCUT2D eigenvalue weighted by atomic mass is 16.7. The van der Waals surface area contributed by atoms with Crippen LogP contribution in [0.25, 0.3) is 0 Å². The molecule has 2 aliphatic heterocycles. The van der Waals surface area contributed by atoms with Crippen LogP contribution in [0.5, 0.6) is 0 Å². The lowest BCUT2D eigenvalue weighted by Gasteiger charge is -2.29. The monoisotopic (exact) mass is 387 g/mol. The van der Waals surface area contributed by atoms with Gasteiger partial charge in [0.15, 0.2) is 0 Å². The largest absolute Gasteiger partial charge is 0.445 e. The van der Waals surface area contributed by atoms with Gasteiger partial charge in [0.2, 0.25) is 5.91 Å². The Morgan fingerprint density at radius 2 is 1.82 bits per heavy atom. The molecule has 0 unspecified atom stereocenters. The fourth-order valence-electron chi connectivity index (χ4n) is 3.63. The van der Waals surface area contributed by atoms with E-state index in [-0.39, 0.29) is 18.6 Å². The molecule has 0 aliphatic carbocycles. The van der Waals surface area contributed by atoms with Gasteiger partial charge in [0.05, 0.1) is 12.3 Å². The third-order valence-corrected chi connectivity index (χ3v) is 4.97. The quantitative estimate of drug-likeness (QED) is 0.440. The van der Waals surface area contributed by atoms with E-state index >= 15 is 0 Å². The molecule has 1 aromatic carbocycles. The Bertz CT molecular complexity index is 737. The van der Waals surface area contributed by atoms with Gasteiger partial charge >= 0.3 is 12.1 Å². The summed E-state index contributed by atoms with van der Waals surface area (Å²) in [6.45, 7) is 2.55. The van der Waals surface area contributed by atoms with Crippen LogP contribution in [-0.2, 0) is 25.8 Å². The molecule has 2 saturated heterocycles. The lowest BCUT2D eigenvalue weighted by atomic mass is 10.1. The summed E-state index contributed by atoms with van der Waals surface area (Å²) in [5.74, 6) is -0.610. The molecule has 2 amide bonds. The van der Waals surface area contributed by atoms with Crippen LogP contribution < -0.4 is 0 Å². The number of nitrogens with zero attached hydrogens (tertiary/aromatic N) is 3. The lowest BCUT2D eigenvalue weighted by Crippen LogP contribution is -2.49. The van der Waals surface area contributed by atoms with Gasteiger partial charge in [-0.2, -0.15) is 0 Å². The van der Waals surface area contributed by atoms with Crippen LogP contribution in [0, 0.1) is 0 Å². The van der Waals surface area contributed by atoms with Crippen molar-refractivity contribution in [3.8, 4) is 0 Å². The van der Waals surface area contributed by atoms with Crippen molar-refractivity contribution < 1.29 is 24.0 Å². The van der Waals surface area contributed by atoms with E-state index in [1.807, 2.05) is 30.3 Å². The zero-order valence-corrected chi connectivity index (χ0v) is 16.0. The highest BCUT2D eigenvalue weighted by Gasteiger charge is 2.40. The van der Waals surface area contributed by atoms with Crippen LogP contribution in [-0.4, -0.2) is 59.2 Å². The molecule has 8 nitrogen and oxygen atoms in total.